The average Bonchev–Trinajstić information content (AvgIpc) is 3.11. The van der Waals surface area contributed by atoms with Crippen LogP contribution in [0.5, 0.6) is 0 Å². The number of carbonyl (C=O) groups excluding carboxylic acids is 3. The molecular formula is C20H26N2O4S. The van der Waals surface area contributed by atoms with E-state index in [1.807, 2.05) is 37.4 Å². The standard InChI is InChI=1S/C20H26N2O4S/c1-5-26-19(25)20(9-10-27-4)15-14(17(23)22(3)18(15)24)16(21-20)13-8-6-7-12(2)11-13/h6-8,11,14-16,21H,5,9-10H2,1-4H3/t14-,15-,16-,20-/m1/s1. The largest absolute Gasteiger partial charge is 0.465 e. The van der Waals surface area contributed by atoms with Gasteiger partial charge in [0.15, 0.2) is 0 Å². The molecule has 7 heteroatoms. The van der Waals surface area contributed by atoms with Crippen molar-refractivity contribution in [2.75, 3.05) is 25.7 Å². The molecule has 0 aromatic heterocycles. The van der Waals surface area contributed by atoms with E-state index in [9.17, 15) is 14.4 Å². The maximum Gasteiger partial charge on any atom is 0.327 e. The van der Waals surface area contributed by atoms with Crippen molar-refractivity contribution in [1.29, 1.82) is 0 Å². The molecule has 0 bridgehead atoms. The molecule has 2 aliphatic heterocycles. The Bertz CT molecular complexity index is 768. The first kappa shape index (κ1) is 19.9. The molecule has 1 aromatic carbocycles. The van der Waals surface area contributed by atoms with E-state index >= 15 is 0 Å². The van der Waals surface area contributed by atoms with E-state index in [1.54, 1.807) is 18.7 Å². The van der Waals surface area contributed by atoms with Crippen LogP contribution in [0.2, 0.25) is 0 Å². The molecular weight excluding hydrogens is 364 g/mol. The number of ether oxygens (including phenoxy) is 1. The Labute approximate surface area is 164 Å². The van der Waals surface area contributed by atoms with Crippen LogP contribution in [-0.2, 0) is 19.1 Å². The number of fused-ring (bicyclic) bond motifs is 1. The van der Waals surface area contributed by atoms with Crippen molar-refractivity contribution in [3.8, 4) is 0 Å². The summed E-state index contributed by atoms with van der Waals surface area (Å²) >= 11 is 1.60. The van der Waals surface area contributed by atoms with Gasteiger partial charge in [-0.1, -0.05) is 29.8 Å². The molecule has 146 valence electrons. The Morgan fingerprint density at radius 3 is 2.70 bits per heavy atom. The molecule has 27 heavy (non-hydrogen) atoms. The third kappa shape index (κ3) is 3.17. The van der Waals surface area contributed by atoms with Gasteiger partial charge in [-0.05, 0) is 37.8 Å². The van der Waals surface area contributed by atoms with Gasteiger partial charge in [0.2, 0.25) is 11.8 Å². The van der Waals surface area contributed by atoms with Gasteiger partial charge in [0, 0.05) is 13.1 Å². The monoisotopic (exact) mass is 390 g/mol. The summed E-state index contributed by atoms with van der Waals surface area (Å²) < 4.78 is 5.37. The lowest BCUT2D eigenvalue weighted by molar-refractivity contribution is -0.156. The predicted octanol–water partition coefficient (Wildman–Crippen LogP) is 1.93. The van der Waals surface area contributed by atoms with Crippen LogP contribution < -0.4 is 5.32 Å². The highest BCUT2D eigenvalue weighted by atomic mass is 32.2. The van der Waals surface area contributed by atoms with Gasteiger partial charge in [-0.15, -0.1) is 0 Å². The summed E-state index contributed by atoms with van der Waals surface area (Å²) in [7, 11) is 1.50. The third-order valence-electron chi connectivity index (χ3n) is 5.62. The third-order valence-corrected chi connectivity index (χ3v) is 6.23. The molecule has 0 saturated carbocycles. The summed E-state index contributed by atoms with van der Waals surface area (Å²) in [6.07, 6.45) is 2.39. The van der Waals surface area contributed by atoms with Gasteiger partial charge in [0.1, 0.15) is 5.54 Å². The molecule has 0 aliphatic carbocycles. The van der Waals surface area contributed by atoms with E-state index in [0.29, 0.717) is 12.2 Å². The summed E-state index contributed by atoms with van der Waals surface area (Å²) in [5.74, 6) is -1.65. The number of benzene rings is 1. The summed E-state index contributed by atoms with van der Waals surface area (Å²) in [6.45, 7) is 3.96. The second kappa shape index (κ2) is 7.64. The Morgan fingerprint density at radius 2 is 2.07 bits per heavy atom. The molecule has 6 nitrogen and oxygen atoms in total. The SMILES string of the molecule is CCOC(=O)[C@]1(CCSC)N[C@H](c2cccc(C)c2)[C@@H]2C(=O)N(C)C(=O)[C@@H]21. The smallest absolute Gasteiger partial charge is 0.327 e. The number of amides is 2. The van der Waals surface area contributed by atoms with Crippen molar-refractivity contribution in [3.05, 3.63) is 35.4 Å². The molecule has 2 aliphatic rings. The second-order valence-electron chi connectivity index (χ2n) is 7.21. The number of imide groups is 1. The lowest BCUT2D eigenvalue weighted by Gasteiger charge is -2.32. The molecule has 1 aromatic rings. The van der Waals surface area contributed by atoms with Crippen LogP contribution in [0.25, 0.3) is 0 Å². The van der Waals surface area contributed by atoms with Crippen molar-refractivity contribution in [1.82, 2.24) is 10.2 Å². The Balaban J connectivity index is 2.12. The fourth-order valence-electron chi connectivity index (χ4n) is 4.34. The minimum absolute atomic E-state index is 0.228. The number of rotatable bonds is 6. The Kier molecular flexibility index (Phi) is 5.63. The van der Waals surface area contributed by atoms with Crippen molar-refractivity contribution in [2.24, 2.45) is 11.8 Å². The minimum Gasteiger partial charge on any atom is -0.465 e. The van der Waals surface area contributed by atoms with Crippen LogP contribution in [0.3, 0.4) is 0 Å². The van der Waals surface area contributed by atoms with Gasteiger partial charge in [-0.3, -0.25) is 24.6 Å². The summed E-state index contributed by atoms with van der Waals surface area (Å²) in [5.41, 5.74) is 0.792. The van der Waals surface area contributed by atoms with E-state index in [1.165, 1.54) is 11.9 Å². The number of nitrogens with zero attached hydrogens (tertiary/aromatic N) is 1. The van der Waals surface area contributed by atoms with Crippen LogP contribution >= 0.6 is 11.8 Å². The zero-order valence-electron chi connectivity index (χ0n) is 16.2. The number of hydrogen-bond donors (Lipinski definition) is 1. The summed E-state index contributed by atoms with van der Waals surface area (Å²) in [6, 6.07) is 7.45. The van der Waals surface area contributed by atoms with Crippen molar-refractivity contribution in [2.45, 2.75) is 31.8 Å². The molecule has 2 saturated heterocycles. The van der Waals surface area contributed by atoms with Gasteiger partial charge in [0.25, 0.3) is 0 Å². The molecule has 0 spiro atoms. The predicted molar refractivity (Wildman–Crippen MR) is 104 cm³/mol. The normalized spacial score (nSPS) is 29.9. The van der Waals surface area contributed by atoms with Crippen molar-refractivity contribution in [3.63, 3.8) is 0 Å². The van der Waals surface area contributed by atoms with Gasteiger partial charge < -0.3 is 4.74 Å². The second-order valence-corrected chi connectivity index (χ2v) is 8.20. The Morgan fingerprint density at radius 1 is 1.33 bits per heavy atom. The van der Waals surface area contributed by atoms with Gasteiger partial charge >= 0.3 is 5.97 Å². The first-order valence-corrected chi connectivity index (χ1v) is 10.6. The quantitative estimate of drug-likeness (QED) is 0.591. The maximum atomic E-state index is 13.0. The van der Waals surface area contributed by atoms with E-state index in [4.69, 9.17) is 4.74 Å². The zero-order valence-corrected chi connectivity index (χ0v) is 17.0. The molecule has 2 amide bonds. The molecule has 2 heterocycles. The summed E-state index contributed by atoms with van der Waals surface area (Å²) in [5, 5.41) is 3.39. The average molecular weight is 391 g/mol. The van der Waals surface area contributed by atoms with Gasteiger partial charge in [0.05, 0.1) is 18.4 Å². The van der Waals surface area contributed by atoms with Crippen LogP contribution in [0.1, 0.15) is 30.5 Å². The van der Waals surface area contributed by atoms with Crippen LogP contribution in [0, 0.1) is 18.8 Å². The minimum atomic E-state index is -1.18. The molecule has 0 unspecified atom stereocenters. The number of nitrogens with one attached hydrogen (secondary N) is 1. The molecule has 1 N–H and O–H groups in total. The van der Waals surface area contributed by atoms with E-state index in [2.05, 4.69) is 5.32 Å². The first-order valence-electron chi connectivity index (χ1n) is 9.19. The highest BCUT2D eigenvalue weighted by molar-refractivity contribution is 7.98. The van der Waals surface area contributed by atoms with Gasteiger partial charge in [-0.2, -0.15) is 11.8 Å². The lowest BCUT2D eigenvalue weighted by atomic mass is 9.77. The van der Waals surface area contributed by atoms with Gasteiger partial charge in [-0.25, -0.2) is 0 Å². The fourth-order valence-corrected chi connectivity index (χ4v) is 4.87. The van der Waals surface area contributed by atoms with Crippen LogP contribution in [0.4, 0.5) is 0 Å². The number of esters is 1. The topological polar surface area (TPSA) is 75.7 Å². The summed E-state index contributed by atoms with van der Waals surface area (Å²) in [4.78, 5) is 40.1. The molecule has 3 rings (SSSR count). The number of hydrogen-bond acceptors (Lipinski definition) is 6. The number of carbonyl (C=O) groups is 3. The zero-order chi connectivity index (χ0) is 19.8. The van der Waals surface area contributed by atoms with E-state index in [0.717, 1.165) is 11.1 Å². The first-order chi connectivity index (χ1) is 12.9. The number of thioether (sulfide) groups is 1. The lowest BCUT2D eigenvalue weighted by Crippen LogP contribution is -2.56. The highest BCUT2D eigenvalue weighted by Crippen LogP contribution is 2.50. The maximum absolute atomic E-state index is 13.0. The fraction of sp³-hybridized carbons (Fsp3) is 0.550. The van der Waals surface area contributed by atoms with Crippen LogP contribution in [0.15, 0.2) is 24.3 Å². The molecule has 2 fully saturated rings. The number of aryl methyl sites for hydroxylation is 1. The van der Waals surface area contributed by atoms with Crippen molar-refractivity contribution < 1.29 is 19.1 Å². The van der Waals surface area contributed by atoms with E-state index < -0.39 is 29.4 Å². The van der Waals surface area contributed by atoms with Crippen LogP contribution in [-0.4, -0.2) is 53.9 Å². The molecule has 4 atom stereocenters. The highest BCUT2D eigenvalue weighted by Gasteiger charge is 2.67. The number of likely N-dealkylation sites (tertiary alicyclic amines) is 1. The Hall–Kier alpha value is -1.86. The van der Waals surface area contributed by atoms with E-state index in [-0.39, 0.29) is 18.4 Å². The van der Waals surface area contributed by atoms with Crippen molar-refractivity contribution >= 4 is 29.5 Å². The molecule has 0 radical (unpaired) electrons.